The number of aromatic nitrogens is 4. The van der Waals surface area contributed by atoms with Crippen LogP contribution >= 0.6 is 11.6 Å². The van der Waals surface area contributed by atoms with E-state index in [0.717, 1.165) is 25.0 Å². The number of benzene rings is 1. The van der Waals surface area contributed by atoms with Crippen LogP contribution in [0.15, 0.2) is 18.3 Å². The molecule has 186 valence electrons. The summed E-state index contributed by atoms with van der Waals surface area (Å²) in [7, 11) is 0. The van der Waals surface area contributed by atoms with Gasteiger partial charge < -0.3 is 21.1 Å². The highest BCUT2D eigenvalue weighted by Crippen LogP contribution is 2.38. The first-order chi connectivity index (χ1) is 16.9. The number of amides is 1. The van der Waals surface area contributed by atoms with E-state index in [1.54, 1.807) is 6.20 Å². The summed E-state index contributed by atoms with van der Waals surface area (Å²) in [4.78, 5) is 25.3. The van der Waals surface area contributed by atoms with E-state index in [1.807, 2.05) is 4.57 Å². The van der Waals surface area contributed by atoms with Crippen LogP contribution in [0.2, 0.25) is 5.02 Å². The van der Waals surface area contributed by atoms with Crippen molar-refractivity contribution < 1.29 is 18.3 Å². The van der Waals surface area contributed by atoms with Gasteiger partial charge >= 0.3 is 0 Å². The van der Waals surface area contributed by atoms with Gasteiger partial charge in [0.2, 0.25) is 17.8 Å². The number of nitrogens with zero attached hydrogens (tertiary/aromatic N) is 4. The Morgan fingerprint density at radius 2 is 1.86 bits per heavy atom. The number of ether oxygens (including phenoxy) is 1. The highest BCUT2D eigenvalue weighted by Gasteiger charge is 2.30. The van der Waals surface area contributed by atoms with Crippen molar-refractivity contribution in [3.05, 3.63) is 35.0 Å². The predicted molar refractivity (Wildman–Crippen MR) is 128 cm³/mol. The molecule has 1 aliphatic carbocycles. The van der Waals surface area contributed by atoms with E-state index in [1.165, 1.54) is 0 Å². The SMILES string of the molecule is NC(=O)[C@H]1CC[C@H](n2c(Nc3c(F)ccc(Cl)c3F)nc3cnc(NC4CCOCC4)nc32)CC1. The van der Waals surface area contributed by atoms with Crippen molar-refractivity contribution in [1.29, 1.82) is 0 Å². The zero-order valence-corrected chi connectivity index (χ0v) is 19.7. The monoisotopic (exact) mass is 505 g/mol. The highest BCUT2D eigenvalue weighted by molar-refractivity contribution is 6.31. The summed E-state index contributed by atoms with van der Waals surface area (Å²) in [5.41, 5.74) is 6.12. The van der Waals surface area contributed by atoms with E-state index in [9.17, 15) is 13.6 Å². The molecule has 5 rings (SSSR count). The zero-order chi connectivity index (χ0) is 24.5. The quantitative estimate of drug-likeness (QED) is 0.427. The number of nitrogens with two attached hydrogens (primary N) is 1. The number of anilines is 3. The molecule has 1 saturated heterocycles. The van der Waals surface area contributed by atoms with Crippen molar-refractivity contribution in [3.63, 3.8) is 0 Å². The van der Waals surface area contributed by atoms with E-state index in [-0.39, 0.29) is 34.9 Å². The lowest BCUT2D eigenvalue weighted by atomic mass is 9.85. The van der Waals surface area contributed by atoms with Crippen LogP contribution in [0.4, 0.5) is 26.4 Å². The molecule has 9 nitrogen and oxygen atoms in total. The molecule has 1 saturated carbocycles. The number of halogens is 3. The van der Waals surface area contributed by atoms with E-state index in [4.69, 9.17) is 27.1 Å². The van der Waals surface area contributed by atoms with Crippen LogP contribution in [0.25, 0.3) is 11.2 Å². The molecule has 0 spiro atoms. The first-order valence-electron chi connectivity index (χ1n) is 11.7. The Kier molecular flexibility index (Phi) is 6.70. The lowest BCUT2D eigenvalue weighted by Crippen LogP contribution is -2.29. The van der Waals surface area contributed by atoms with Gasteiger partial charge in [0, 0.05) is 31.2 Å². The molecular formula is C23H26ClF2N7O2. The standard InChI is InChI=1S/C23H26ClF2N7O2/c24-15-5-6-16(25)19(18(15)26)31-23-30-17-11-28-22(29-13-7-9-35-10-8-13)32-21(17)33(23)14-3-1-12(2-4-14)20(27)34/h5-6,11-14H,1-4,7-10H2,(H2,27,34)(H,30,31)(H,28,29,32)/t12-,14-. The second kappa shape index (κ2) is 9.90. The molecule has 1 aliphatic heterocycles. The van der Waals surface area contributed by atoms with Crippen LogP contribution < -0.4 is 16.4 Å². The molecule has 0 radical (unpaired) electrons. The van der Waals surface area contributed by atoms with Gasteiger partial charge in [0.1, 0.15) is 17.0 Å². The maximum absolute atomic E-state index is 14.7. The van der Waals surface area contributed by atoms with Crippen LogP contribution in [0.1, 0.15) is 44.6 Å². The maximum atomic E-state index is 14.7. The second-order valence-electron chi connectivity index (χ2n) is 8.99. The average molecular weight is 506 g/mol. The van der Waals surface area contributed by atoms with Gasteiger partial charge in [0.05, 0.1) is 11.2 Å². The number of fused-ring (bicyclic) bond motifs is 1. The van der Waals surface area contributed by atoms with Crippen molar-refractivity contribution in [2.75, 3.05) is 23.8 Å². The second-order valence-corrected chi connectivity index (χ2v) is 9.40. The number of primary amides is 1. The highest BCUT2D eigenvalue weighted by atomic mass is 35.5. The van der Waals surface area contributed by atoms with Crippen molar-refractivity contribution in [2.45, 2.75) is 50.6 Å². The number of imidazole rings is 1. The third-order valence-corrected chi connectivity index (χ3v) is 7.02. The first kappa shape index (κ1) is 23.7. The molecule has 0 atom stereocenters. The van der Waals surface area contributed by atoms with Crippen LogP contribution in [-0.2, 0) is 9.53 Å². The van der Waals surface area contributed by atoms with E-state index >= 15 is 0 Å². The number of carbonyl (C=O) groups excluding carboxylic acids is 1. The Bertz CT molecular complexity index is 1240. The van der Waals surface area contributed by atoms with Gasteiger partial charge in [0.15, 0.2) is 11.5 Å². The van der Waals surface area contributed by atoms with Crippen molar-refractivity contribution >= 4 is 46.3 Å². The van der Waals surface area contributed by atoms with Crippen LogP contribution in [-0.4, -0.2) is 44.7 Å². The van der Waals surface area contributed by atoms with Crippen molar-refractivity contribution in [3.8, 4) is 0 Å². The largest absolute Gasteiger partial charge is 0.381 e. The number of hydrogen-bond donors (Lipinski definition) is 3. The summed E-state index contributed by atoms with van der Waals surface area (Å²) in [5.74, 6) is -1.54. The molecule has 2 aromatic heterocycles. The fourth-order valence-electron chi connectivity index (χ4n) is 4.79. The normalized spacial score (nSPS) is 21.2. The Hall–Kier alpha value is -3.05. The molecule has 0 bridgehead atoms. The third-order valence-electron chi connectivity index (χ3n) is 6.73. The van der Waals surface area contributed by atoms with E-state index < -0.39 is 17.3 Å². The molecule has 1 amide bonds. The summed E-state index contributed by atoms with van der Waals surface area (Å²) in [6.45, 7) is 1.34. The number of nitrogens with one attached hydrogen (secondary N) is 2. The lowest BCUT2D eigenvalue weighted by Gasteiger charge is -2.29. The molecule has 2 aliphatic rings. The molecule has 12 heteroatoms. The molecule has 4 N–H and O–H groups in total. The van der Waals surface area contributed by atoms with Crippen molar-refractivity contribution in [2.24, 2.45) is 11.7 Å². The summed E-state index contributed by atoms with van der Waals surface area (Å²) in [6.07, 6.45) is 5.78. The molecule has 3 heterocycles. The summed E-state index contributed by atoms with van der Waals surface area (Å²) < 4.78 is 36.4. The lowest BCUT2D eigenvalue weighted by molar-refractivity contribution is -0.122. The molecule has 0 unspecified atom stereocenters. The predicted octanol–water partition coefficient (Wildman–Crippen LogP) is 4.31. The Balaban J connectivity index is 1.53. The molecule has 3 aromatic rings. The van der Waals surface area contributed by atoms with E-state index in [0.29, 0.717) is 56.0 Å². The van der Waals surface area contributed by atoms with Crippen LogP contribution in [0, 0.1) is 17.6 Å². The number of hydrogen-bond acceptors (Lipinski definition) is 7. The van der Waals surface area contributed by atoms with Crippen LogP contribution in [0.3, 0.4) is 0 Å². The molecular weight excluding hydrogens is 480 g/mol. The smallest absolute Gasteiger partial charge is 0.224 e. The Labute approximate surface area is 205 Å². The average Bonchev–Trinajstić information content (AvgIpc) is 3.22. The zero-order valence-electron chi connectivity index (χ0n) is 18.9. The topological polar surface area (TPSA) is 120 Å². The minimum atomic E-state index is -0.907. The third kappa shape index (κ3) is 4.87. The Morgan fingerprint density at radius 3 is 2.57 bits per heavy atom. The minimum Gasteiger partial charge on any atom is -0.381 e. The summed E-state index contributed by atoms with van der Waals surface area (Å²) >= 11 is 5.89. The van der Waals surface area contributed by atoms with E-state index in [2.05, 4.69) is 20.6 Å². The van der Waals surface area contributed by atoms with Gasteiger partial charge in [-0.15, -0.1) is 0 Å². The summed E-state index contributed by atoms with van der Waals surface area (Å²) in [5, 5.41) is 5.93. The van der Waals surface area contributed by atoms with Crippen molar-refractivity contribution in [1.82, 2.24) is 19.5 Å². The number of rotatable bonds is 6. The fraction of sp³-hybridized carbons (Fsp3) is 0.478. The van der Waals surface area contributed by atoms with Gasteiger partial charge in [-0.2, -0.15) is 4.98 Å². The summed E-state index contributed by atoms with van der Waals surface area (Å²) in [6, 6.07) is 2.34. The molecule has 1 aromatic carbocycles. The number of carbonyl (C=O) groups is 1. The van der Waals surface area contributed by atoms with Gasteiger partial charge in [0.25, 0.3) is 0 Å². The maximum Gasteiger partial charge on any atom is 0.224 e. The fourth-order valence-corrected chi connectivity index (χ4v) is 4.95. The van der Waals surface area contributed by atoms with Gasteiger partial charge in [-0.3, -0.25) is 9.36 Å². The first-order valence-corrected chi connectivity index (χ1v) is 12.1. The minimum absolute atomic E-state index is 0.103. The van der Waals surface area contributed by atoms with Gasteiger partial charge in [-0.25, -0.2) is 18.7 Å². The van der Waals surface area contributed by atoms with Crippen LogP contribution in [0.5, 0.6) is 0 Å². The van der Waals surface area contributed by atoms with Gasteiger partial charge in [-0.05, 0) is 50.7 Å². The molecule has 35 heavy (non-hydrogen) atoms. The molecule has 2 fully saturated rings. The Morgan fingerprint density at radius 1 is 1.11 bits per heavy atom. The van der Waals surface area contributed by atoms with Gasteiger partial charge in [-0.1, -0.05) is 11.6 Å².